The molecule has 2 rings (SSSR count). The van der Waals surface area contributed by atoms with Crippen LogP contribution >= 0.6 is 0 Å². The highest BCUT2D eigenvalue weighted by Gasteiger charge is 2.26. The smallest absolute Gasteiger partial charge is 0.414 e. The molecule has 2 aromatic rings. The van der Waals surface area contributed by atoms with Crippen molar-refractivity contribution in [2.24, 2.45) is 0 Å². The number of furan rings is 1. The first-order chi connectivity index (χ1) is 10.9. The summed E-state index contributed by atoms with van der Waals surface area (Å²) in [6, 6.07) is 5.22. The number of carbonyl (C=O) groups excluding carboxylic acids is 2. The summed E-state index contributed by atoms with van der Waals surface area (Å²) in [4.78, 5) is 22.6. The third-order valence-electron chi connectivity index (χ3n) is 2.66. The molecule has 0 radical (unpaired) electrons. The van der Waals surface area contributed by atoms with Crippen LogP contribution in [-0.4, -0.2) is 23.8 Å². The molecule has 122 valence electrons. The second kappa shape index (κ2) is 6.82. The first-order valence-corrected chi connectivity index (χ1v) is 6.66. The first-order valence-electron chi connectivity index (χ1n) is 6.66. The molecule has 0 aliphatic heterocycles. The van der Waals surface area contributed by atoms with Crippen molar-refractivity contribution >= 4 is 17.9 Å². The maximum absolute atomic E-state index is 13.3. The highest BCUT2D eigenvalue weighted by Crippen LogP contribution is 2.46. The van der Waals surface area contributed by atoms with Gasteiger partial charge in [-0.3, -0.25) is 10.1 Å². The number of nitrogens with one attached hydrogen (secondary N) is 1. The molecular weight excluding hydrogens is 309 g/mol. The van der Waals surface area contributed by atoms with Crippen molar-refractivity contribution in [1.82, 2.24) is 0 Å². The lowest BCUT2D eigenvalue weighted by molar-refractivity contribution is -0.132. The quantitative estimate of drug-likeness (QED) is 0.838. The second-order valence-corrected chi connectivity index (χ2v) is 4.39. The van der Waals surface area contributed by atoms with Crippen LogP contribution in [0.5, 0.6) is 11.5 Å². The van der Waals surface area contributed by atoms with E-state index in [1.54, 1.807) is 6.92 Å². The van der Waals surface area contributed by atoms with Crippen molar-refractivity contribution in [3.05, 3.63) is 30.1 Å². The fraction of sp³-hybridized carbons (Fsp3) is 0.200. The number of benzene rings is 1. The van der Waals surface area contributed by atoms with Crippen molar-refractivity contribution in [3.63, 3.8) is 0 Å². The number of amides is 1. The van der Waals surface area contributed by atoms with Gasteiger partial charge in [0.15, 0.2) is 5.76 Å². The van der Waals surface area contributed by atoms with Crippen LogP contribution in [0.2, 0.25) is 0 Å². The minimum atomic E-state index is -0.861. The van der Waals surface area contributed by atoms with Gasteiger partial charge < -0.3 is 19.0 Å². The molecule has 7 nitrogen and oxygen atoms in total. The molecule has 23 heavy (non-hydrogen) atoms. The number of carbonyl (C=O) groups is 2. The lowest BCUT2D eigenvalue weighted by Gasteiger charge is -2.04. The molecule has 0 spiro atoms. The van der Waals surface area contributed by atoms with Crippen LogP contribution in [0.1, 0.15) is 13.8 Å². The lowest BCUT2D eigenvalue weighted by Crippen LogP contribution is -2.14. The van der Waals surface area contributed by atoms with Crippen LogP contribution in [0.15, 0.2) is 28.7 Å². The Labute approximate surface area is 130 Å². The largest absolute Gasteiger partial charge is 0.502 e. The molecule has 0 saturated heterocycles. The Balaban J connectivity index is 2.46. The SMILES string of the molecule is CCOC(=O)Nc1oc(-c2cccc(F)c2)c(O)c1OC(C)=O. The third kappa shape index (κ3) is 3.79. The molecule has 0 aliphatic rings. The van der Waals surface area contributed by atoms with Crippen molar-refractivity contribution < 1.29 is 33.0 Å². The fourth-order valence-electron chi connectivity index (χ4n) is 1.81. The van der Waals surface area contributed by atoms with Gasteiger partial charge in [0.05, 0.1) is 6.61 Å². The van der Waals surface area contributed by atoms with Crippen LogP contribution < -0.4 is 10.1 Å². The summed E-state index contributed by atoms with van der Waals surface area (Å²) in [5.41, 5.74) is 0.202. The molecule has 1 amide bonds. The summed E-state index contributed by atoms with van der Waals surface area (Å²) >= 11 is 0. The molecule has 0 fully saturated rings. The maximum atomic E-state index is 13.3. The van der Waals surface area contributed by atoms with Gasteiger partial charge in [-0.05, 0) is 19.1 Å². The van der Waals surface area contributed by atoms with E-state index in [9.17, 15) is 19.1 Å². The van der Waals surface area contributed by atoms with E-state index < -0.39 is 23.6 Å². The van der Waals surface area contributed by atoms with Crippen LogP contribution in [0.4, 0.5) is 15.1 Å². The standard InChI is InChI=1S/C15H14FNO6/c1-3-21-15(20)17-14-13(22-8(2)18)11(19)12(23-14)9-5-4-6-10(16)7-9/h4-7,19H,3H2,1-2H3,(H,17,20). The van der Waals surface area contributed by atoms with E-state index in [1.807, 2.05) is 0 Å². The minimum absolute atomic E-state index is 0.109. The van der Waals surface area contributed by atoms with Gasteiger partial charge in [0, 0.05) is 12.5 Å². The number of esters is 1. The molecule has 0 saturated carbocycles. The van der Waals surface area contributed by atoms with E-state index in [0.29, 0.717) is 0 Å². The van der Waals surface area contributed by atoms with Crippen LogP contribution in [0, 0.1) is 5.82 Å². The van der Waals surface area contributed by atoms with Crippen LogP contribution in [0.25, 0.3) is 11.3 Å². The first kappa shape index (κ1) is 16.3. The molecule has 1 heterocycles. The summed E-state index contributed by atoms with van der Waals surface area (Å²) in [5.74, 6) is -2.70. The van der Waals surface area contributed by atoms with Gasteiger partial charge in [0.2, 0.25) is 11.5 Å². The van der Waals surface area contributed by atoms with Gasteiger partial charge in [0.1, 0.15) is 5.82 Å². The fourth-order valence-corrected chi connectivity index (χ4v) is 1.81. The average molecular weight is 323 g/mol. The van der Waals surface area contributed by atoms with E-state index in [1.165, 1.54) is 18.2 Å². The summed E-state index contributed by atoms with van der Waals surface area (Å²) in [6.07, 6.45) is -0.861. The number of rotatable bonds is 4. The highest BCUT2D eigenvalue weighted by atomic mass is 19.1. The monoisotopic (exact) mass is 323 g/mol. The minimum Gasteiger partial charge on any atom is -0.502 e. The van der Waals surface area contributed by atoms with Gasteiger partial charge in [-0.2, -0.15) is 0 Å². The molecule has 1 aromatic heterocycles. The van der Waals surface area contributed by atoms with E-state index in [-0.39, 0.29) is 29.6 Å². The number of hydrogen-bond acceptors (Lipinski definition) is 6. The van der Waals surface area contributed by atoms with Crippen molar-refractivity contribution in [2.45, 2.75) is 13.8 Å². The topological polar surface area (TPSA) is 98.0 Å². The van der Waals surface area contributed by atoms with Gasteiger partial charge in [-0.1, -0.05) is 12.1 Å². The summed E-state index contributed by atoms with van der Waals surface area (Å²) in [5, 5.41) is 12.4. The van der Waals surface area contributed by atoms with Crippen molar-refractivity contribution in [1.29, 1.82) is 0 Å². The van der Waals surface area contributed by atoms with E-state index in [0.717, 1.165) is 13.0 Å². The van der Waals surface area contributed by atoms with Gasteiger partial charge in [0.25, 0.3) is 5.88 Å². The lowest BCUT2D eigenvalue weighted by atomic mass is 10.1. The normalized spacial score (nSPS) is 10.2. The Morgan fingerprint density at radius 3 is 2.74 bits per heavy atom. The van der Waals surface area contributed by atoms with E-state index in [4.69, 9.17) is 9.15 Å². The predicted molar refractivity (Wildman–Crippen MR) is 77.7 cm³/mol. The van der Waals surface area contributed by atoms with Crippen molar-refractivity contribution in [2.75, 3.05) is 11.9 Å². The molecule has 0 unspecified atom stereocenters. The summed E-state index contributed by atoms with van der Waals surface area (Å²) in [7, 11) is 0. The Morgan fingerprint density at radius 2 is 2.13 bits per heavy atom. The maximum Gasteiger partial charge on any atom is 0.414 e. The van der Waals surface area contributed by atoms with Gasteiger partial charge >= 0.3 is 12.1 Å². The molecular formula is C15H14FNO6. The number of hydrogen-bond donors (Lipinski definition) is 2. The number of ether oxygens (including phenoxy) is 2. The van der Waals surface area contributed by atoms with Gasteiger partial charge in [-0.25, -0.2) is 9.18 Å². The zero-order chi connectivity index (χ0) is 17.0. The van der Waals surface area contributed by atoms with Crippen LogP contribution in [0.3, 0.4) is 0 Å². The summed E-state index contributed by atoms with van der Waals surface area (Å²) in [6.45, 7) is 2.82. The second-order valence-electron chi connectivity index (χ2n) is 4.39. The summed E-state index contributed by atoms with van der Waals surface area (Å²) < 4.78 is 28.1. The zero-order valence-electron chi connectivity index (χ0n) is 12.4. The highest BCUT2D eigenvalue weighted by molar-refractivity contribution is 5.89. The Hall–Kier alpha value is -3.03. The average Bonchev–Trinajstić information content (AvgIpc) is 2.76. The molecule has 0 aliphatic carbocycles. The predicted octanol–water partition coefficient (Wildman–Crippen LogP) is 3.29. The number of anilines is 1. The van der Waals surface area contributed by atoms with Crippen LogP contribution in [-0.2, 0) is 9.53 Å². The number of halogens is 1. The molecule has 0 bridgehead atoms. The Morgan fingerprint density at radius 1 is 1.39 bits per heavy atom. The molecule has 2 N–H and O–H groups in total. The molecule has 0 atom stereocenters. The molecule has 1 aromatic carbocycles. The third-order valence-corrected chi connectivity index (χ3v) is 2.66. The van der Waals surface area contributed by atoms with E-state index >= 15 is 0 Å². The van der Waals surface area contributed by atoms with E-state index in [2.05, 4.69) is 10.1 Å². The van der Waals surface area contributed by atoms with Gasteiger partial charge in [-0.15, -0.1) is 0 Å². The van der Waals surface area contributed by atoms with Crippen molar-refractivity contribution in [3.8, 4) is 22.8 Å². The Kier molecular flexibility index (Phi) is 4.85. The zero-order valence-corrected chi connectivity index (χ0v) is 12.4. The Bertz CT molecular complexity index is 740. The molecule has 8 heteroatoms. The number of aromatic hydroxyl groups is 1.